The number of benzene rings is 1. The fourth-order valence-electron chi connectivity index (χ4n) is 0.941. The number of hydrogen-bond donors (Lipinski definition) is 1. The topological polar surface area (TPSA) is 37.3 Å². The lowest BCUT2D eigenvalue weighted by Crippen LogP contribution is -2.01. The molecule has 70 valence electrons. The molecular weight excluding hydrogens is 234 g/mol. The summed E-state index contributed by atoms with van der Waals surface area (Å²) in [6.07, 6.45) is 0. The average Bonchev–Trinajstić information content (AvgIpc) is 2.01. The quantitative estimate of drug-likeness (QED) is 0.760. The van der Waals surface area contributed by atoms with Crippen LogP contribution in [0.5, 0.6) is 0 Å². The minimum Gasteiger partial charge on any atom is -0.478 e. The second-order valence-electron chi connectivity index (χ2n) is 2.46. The molecule has 0 fully saturated rings. The van der Waals surface area contributed by atoms with Crippen molar-refractivity contribution in [3.8, 4) is 0 Å². The van der Waals surface area contributed by atoms with E-state index in [2.05, 4.69) is 0 Å². The molecule has 0 unspecified atom stereocenters. The Bertz CT molecular complexity index is 348. The van der Waals surface area contributed by atoms with Crippen molar-refractivity contribution in [1.82, 2.24) is 0 Å². The minimum atomic E-state index is -1.13. The van der Waals surface area contributed by atoms with Crippen LogP contribution in [0.4, 0.5) is 0 Å². The zero-order chi connectivity index (χ0) is 10.2. The van der Waals surface area contributed by atoms with E-state index in [1.165, 1.54) is 6.07 Å². The molecule has 0 atom stereocenters. The largest absolute Gasteiger partial charge is 0.478 e. The first kappa shape index (κ1) is 10.6. The second-order valence-corrected chi connectivity index (χ2v) is 3.65. The van der Waals surface area contributed by atoms with Crippen LogP contribution in [-0.4, -0.2) is 11.1 Å². The number of rotatable bonds is 1. The molecule has 1 N–H and O–H groups in total. The van der Waals surface area contributed by atoms with E-state index in [-0.39, 0.29) is 15.6 Å². The number of aromatic carboxylic acids is 1. The summed E-state index contributed by atoms with van der Waals surface area (Å²) < 4.78 is 0. The summed E-state index contributed by atoms with van der Waals surface area (Å²) in [6.45, 7) is 1.58. The van der Waals surface area contributed by atoms with Crippen molar-refractivity contribution in [3.63, 3.8) is 0 Å². The summed E-state index contributed by atoms with van der Waals surface area (Å²) in [6, 6.07) is 1.42. The summed E-state index contributed by atoms with van der Waals surface area (Å²) in [5, 5.41) is 9.26. The van der Waals surface area contributed by atoms with Crippen LogP contribution in [0.1, 0.15) is 15.9 Å². The first-order chi connectivity index (χ1) is 5.95. The third-order valence-corrected chi connectivity index (χ3v) is 2.81. The van der Waals surface area contributed by atoms with Crippen LogP contribution in [-0.2, 0) is 0 Å². The molecule has 0 aliphatic rings. The standard InChI is InChI=1S/C8H5Cl3O2/c1-3-4(9)2-5(10)7(11)6(3)8(12)13/h2H,1H3,(H,12,13). The van der Waals surface area contributed by atoms with E-state index in [4.69, 9.17) is 39.9 Å². The lowest BCUT2D eigenvalue weighted by Gasteiger charge is -2.06. The summed E-state index contributed by atoms with van der Waals surface area (Å²) in [4.78, 5) is 10.7. The van der Waals surface area contributed by atoms with E-state index in [9.17, 15) is 4.79 Å². The summed E-state index contributed by atoms with van der Waals surface area (Å²) >= 11 is 17.1. The van der Waals surface area contributed by atoms with Gasteiger partial charge in [-0.15, -0.1) is 0 Å². The Morgan fingerprint density at radius 1 is 1.31 bits per heavy atom. The molecule has 0 saturated heterocycles. The van der Waals surface area contributed by atoms with Crippen LogP contribution < -0.4 is 0 Å². The van der Waals surface area contributed by atoms with Gasteiger partial charge < -0.3 is 5.11 Å². The van der Waals surface area contributed by atoms with E-state index in [1.54, 1.807) is 6.92 Å². The lowest BCUT2D eigenvalue weighted by atomic mass is 10.1. The molecule has 0 saturated carbocycles. The highest BCUT2D eigenvalue weighted by molar-refractivity contribution is 6.45. The molecule has 1 rings (SSSR count). The van der Waals surface area contributed by atoms with Crippen LogP contribution in [0.15, 0.2) is 6.07 Å². The maximum absolute atomic E-state index is 10.7. The van der Waals surface area contributed by atoms with Crippen LogP contribution in [0.25, 0.3) is 0 Å². The van der Waals surface area contributed by atoms with E-state index >= 15 is 0 Å². The van der Waals surface area contributed by atoms with Crippen LogP contribution in [0.3, 0.4) is 0 Å². The van der Waals surface area contributed by atoms with Gasteiger partial charge in [-0.1, -0.05) is 34.8 Å². The van der Waals surface area contributed by atoms with Crippen molar-refractivity contribution in [2.75, 3.05) is 0 Å². The fourth-order valence-corrected chi connectivity index (χ4v) is 1.68. The summed E-state index contributed by atoms with van der Waals surface area (Å²) in [5.41, 5.74) is 0.378. The molecule has 0 spiro atoms. The van der Waals surface area contributed by atoms with Crippen LogP contribution >= 0.6 is 34.8 Å². The fraction of sp³-hybridized carbons (Fsp3) is 0.125. The van der Waals surface area contributed by atoms with Gasteiger partial charge in [-0.05, 0) is 18.6 Å². The van der Waals surface area contributed by atoms with Crippen molar-refractivity contribution in [3.05, 3.63) is 32.3 Å². The maximum Gasteiger partial charge on any atom is 0.337 e. The van der Waals surface area contributed by atoms with Gasteiger partial charge in [0.1, 0.15) is 0 Å². The number of hydrogen-bond acceptors (Lipinski definition) is 1. The normalized spacial score (nSPS) is 10.2. The molecule has 0 aliphatic carbocycles. The Morgan fingerprint density at radius 3 is 2.31 bits per heavy atom. The third-order valence-electron chi connectivity index (χ3n) is 1.63. The molecule has 1 aromatic rings. The first-order valence-electron chi connectivity index (χ1n) is 3.32. The Hall–Kier alpha value is -0.440. The number of carboxylic acid groups (broad SMARTS) is 1. The monoisotopic (exact) mass is 238 g/mol. The van der Waals surface area contributed by atoms with E-state index < -0.39 is 5.97 Å². The van der Waals surface area contributed by atoms with Crippen molar-refractivity contribution in [1.29, 1.82) is 0 Å². The second kappa shape index (κ2) is 3.74. The van der Waals surface area contributed by atoms with Crippen molar-refractivity contribution in [2.24, 2.45) is 0 Å². The average molecular weight is 239 g/mol. The van der Waals surface area contributed by atoms with Gasteiger partial charge in [0.25, 0.3) is 0 Å². The zero-order valence-corrected chi connectivity index (χ0v) is 8.83. The molecule has 0 aliphatic heterocycles. The number of carboxylic acids is 1. The van der Waals surface area contributed by atoms with Gasteiger partial charge in [-0.25, -0.2) is 4.79 Å². The van der Waals surface area contributed by atoms with Crippen LogP contribution in [0.2, 0.25) is 15.1 Å². The number of halogens is 3. The Morgan fingerprint density at radius 2 is 1.85 bits per heavy atom. The van der Waals surface area contributed by atoms with E-state index in [1.807, 2.05) is 0 Å². The highest BCUT2D eigenvalue weighted by atomic mass is 35.5. The molecule has 0 bridgehead atoms. The van der Waals surface area contributed by atoms with Gasteiger partial charge in [-0.2, -0.15) is 0 Å². The molecule has 1 aromatic carbocycles. The SMILES string of the molecule is Cc1c(Cl)cc(Cl)c(Cl)c1C(=O)O. The van der Waals surface area contributed by atoms with Crippen molar-refractivity contribution in [2.45, 2.75) is 6.92 Å². The predicted octanol–water partition coefficient (Wildman–Crippen LogP) is 3.65. The predicted molar refractivity (Wildman–Crippen MR) is 53.2 cm³/mol. The molecule has 0 amide bonds. The molecule has 0 aromatic heterocycles. The lowest BCUT2D eigenvalue weighted by molar-refractivity contribution is 0.0696. The van der Waals surface area contributed by atoms with Crippen molar-refractivity contribution < 1.29 is 9.90 Å². The van der Waals surface area contributed by atoms with Crippen molar-refractivity contribution >= 4 is 40.8 Å². The Kier molecular flexibility index (Phi) is 3.06. The van der Waals surface area contributed by atoms with Gasteiger partial charge in [0.15, 0.2) is 0 Å². The molecular formula is C8H5Cl3O2. The van der Waals surface area contributed by atoms with Crippen LogP contribution in [0, 0.1) is 6.92 Å². The Balaban J connectivity index is 3.56. The van der Waals surface area contributed by atoms with Gasteiger partial charge in [0.05, 0.1) is 15.6 Å². The van der Waals surface area contributed by atoms with E-state index in [0.717, 1.165) is 0 Å². The summed E-state index contributed by atoms with van der Waals surface area (Å²) in [7, 11) is 0. The van der Waals surface area contributed by atoms with Gasteiger partial charge in [-0.3, -0.25) is 0 Å². The smallest absolute Gasteiger partial charge is 0.337 e. The van der Waals surface area contributed by atoms with Gasteiger partial charge >= 0.3 is 5.97 Å². The van der Waals surface area contributed by atoms with Gasteiger partial charge in [0.2, 0.25) is 0 Å². The minimum absolute atomic E-state index is 0.0241. The highest BCUT2D eigenvalue weighted by Crippen LogP contribution is 2.33. The molecule has 13 heavy (non-hydrogen) atoms. The third kappa shape index (κ3) is 1.90. The molecule has 0 radical (unpaired) electrons. The zero-order valence-electron chi connectivity index (χ0n) is 6.57. The first-order valence-corrected chi connectivity index (χ1v) is 4.46. The van der Waals surface area contributed by atoms with Gasteiger partial charge in [0, 0.05) is 5.02 Å². The molecule has 2 nitrogen and oxygen atoms in total. The highest BCUT2D eigenvalue weighted by Gasteiger charge is 2.17. The summed E-state index contributed by atoms with van der Waals surface area (Å²) in [5.74, 6) is -1.13. The molecule has 5 heteroatoms. The number of carbonyl (C=O) groups is 1. The Labute approximate surface area is 90.0 Å². The maximum atomic E-state index is 10.7. The molecule has 0 heterocycles. The van der Waals surface area contributed by atoms with E-state index in [0.29, 0.717) is 10.6 Å².